The number of hydrogen-bond acceptors (Lipinski definition) is 6. The summed E-state index contributed by atoms with van der Waals surface area (Å²) in [6.07, 6.45) is 1.23. The normalized spacial score (nSPS) is 13.9. The summed E-state index contributed by atoms with van der Waals surface area (Å²) in [4.78, 5) is 10.1. The third kappa shape index (κ3) is 1.53. The molecule has 0 atom stereocenters. The van der Waals surface area contributed by atoms with Crippen LogP contribution >= 0.6 is 0 Å². The number of hydroxylamine groups is 1. The van der Waals surface area contributed by atoms with Crippen molar-refractivity contribution >= 4 is 11.9 Å². The van der Waals surface area contributed by atoms with Crippen molar-refractivity contribution in [2.75, 3.05) is 0 Å². The van der Waals surface area contributed by atoms with Crippen molar-refractivity contribution in [3.8, 4) is 0 Å². The van der Waals surface area contributed by atoms with Crippen LogP contribution in [-0.4, -0.2) is 15.3 Å². The van der Waals surface area contributed by atoms with Crippen LogP contribution in [-0.2, 0) is 0 Å². The fourth-order valence-electron chi connectivity index (χ4n) is 1.24. The molecule has 0 spiro atoms. The molecule has 1 aliphatic heterocycles. The first kappa shape index (κ1) is 9.21. The van der Waals surface area contributed by atoms with Crippen LogP contribution in [0.3, 0.4) is 0 Å². The maximum atomic E-state index is 11.2. The Balaban J connectivity index is 2.73. The van der Waals surface area contributed by atoms with E-state index >= 15 is 0 Å². The average Bonchev–Trinajstić information content (AvgIpc) is 2.16. The number of rotatable bonds is 1. The van der Waals surface area contributed by atoms with Crippen LogP contribution in [0.15, 0.2) is 18.2 Å². The number of non-ortho nitro benzene ring substituents is 1. The summed E-state index contributed by atoms with van der Waals surface area (Å²) in [5.74, 6) is 0. The lowest BCUT2D eigenvalue weighted by atomic mass is 10.2. The van der Waals surface area contributed by atoms with Crippen LogP contribution in [0, 0.1) is 15.3 Å². The molecule has 2 N–H and O–H groups in total. The van der Waals surface area contributed by atoms with Gasteiger partial charge in [0.2, 0.25) is 0 Å². The Kier molecular flexibility index (Phi) is 1.90. The molecule has 78 valence electrons. The van der Waals surface area contributed by atoms with Crippen molar-refractivity contribution in [1.29, 1.82) is 0 Å². The lowest BCUT2D eigenvalue weighted by Crippen LogP contribution is -2.54. The predicted molar refractivity (Wildman–Crippen MR) is 48.2 cm³/mol. The van der Waals surface area contributed by atoms with Crippen LogP contribution < -0.4 is 21.0 Å². The van der Waals surface area contributed by atoms with Crippen molar-refractivity contribution in [2.24, 2.45) is 0 Å². The minimum absolute atomic E-state index is 0.0782. The molecule has 15 heavy (non-hydrogen) atoms. The summed E-state index contributed by atoms with van der Waals surface area (Å²) >= 11 is 0. The Morgan fingerprint density at radius 2 is 2.27 bits per heavy atom. The van der Waals surface area contributed by atoms with E-state index in [1.54, 1.807) is 0 Å². The van der Waals surface area contributed by atoms with Gasteiger partial charge in [0.1, 0.15) is 0 Å². The molecule has 1 aromatic carbocycles. The van der Waals surface area contributed by atoms with Gasteiger partial charge in [-0.1, -0.05) is 10.4 Å². The zero-order valence-electron chi connectivity index (χ0n) is 7.32. The molecule has 1 aliphatic rings. The third-order valence-electron chi connectivity index (χ3n) is 1.90. The lowest BCUT2D eigenvalue weighted by Gasteiger charge is -2.15. The fourth-order valence-corrected chi connectivity index (χ4v) is 1.24. The molecule has 0 bridgehead atoms. The monoisotopic (exact) mass is 210 g/mol. The molecule has 0 fully saturated rings. The van der Waals surface area contributed by atoms with E-state index in [1.165, 1.54) is 18.3 Å². The second-order valence-electron chi connectivity index (χ2n) is 2.87. The number of benzene rings is 1. The minimum atomic E-state index is -0.598. The first-order valence-corrected chi connectivity index (χ1v) is 3.93. The molecule has 8 nitrogen and oxygen atoms in total. The second-order valence-corrected chi connectivity index (χ2v) is 2.87. The lowest BCUT2D eigenvalue weighted by molar-refractivity contribution is -0.385. The van der Waals surface area contributed by atoms with Crippen LogP contribution in [0.1, 0.15) is 0 Å². The van der Waals surface area contributed by atoms with E-state index in [-0.39, 0.29) is 15.9 Å². The Bertz CT molecular complexity index is 540. The maximum Gasteiger partial charge on any atom is 0.276 e. The number of nitro benzene ring substituents is 1. The molecule has 0 amide bonds. The Hall–Kier alpha value is -2.35. The second kappa shape index (κ2) is 3.10. The number of fused-ring (bicyclic) bond motifs is 1. The smallest absolute Gasteiger partial charge is 0.276 e. The van der Waals surface area contributed by atoms with Crippen molar-refractivity contribution < 1.29 is 10.1 Å². The predicted octanol–water partition coefficient (Wildman–Crippen LogP) is -1.55. The SMILES string of the molecule is O=[N+]([O-])c1ccc2c(c1)=[N+]([O-])NN(O)C=2. The highest BCUT2D eigenvalue weighted by atomic mass is 16.6. The first-order chi connectivity index (χ1) is 7.08. The Morgan fingerprint density at radius 1 is 1.53 bits per heavy atom. The standard InChI is InChI=1S/C7H6N4O4/c12-9-4-5-1-2-6(11(14)15)3-7(5)10(13)8-9/h1-4,8,12H. The maximum absolute atomic E-state index is 11.2. The number of nitrogens with one attached hydrogen (secondary N) is 1. The zero-order chi connectivity index (χ0) is 11.0. The van der Waals surface area contributed by atoms with E-state index in [1.807, 2.05) is 5.53 Å². The zero-order valence-corrected chi connectivity index (χ0v) is 7.32. The van der Waals surface area contributed by atoms with Crippen molar-refractivity contribution in [3.05, 3.63) is 44.1 Å². The summed E-state index contributed by atoms with van der Waals surface area (Å²) in [5, 5.41) is 31.6. The highest BCUT2D eigenvalue weighted by molar-refractivity contribution is 5.33. The fraction of sp³-hybridized carbons (Fsp3) is 0. The molecule has 8 heteroatoms. The Morgan fingerprint density at radius 3 is 2.93 bits per heavy atom. The van der Waals surface area contributed by atoms with E-state index in [2.05, 4.69) is 0 Å². The molecule has 0 saturated heterocycles. The van der Waals surface area contributed by atoms with E-state index in [0.717, 1.165) is 6.07 Å². The van der Waals surface area contributed by atoms with Crippen LogP contribution in [0.25, 0.3) is 6.20 Å². The van der Waals surface area contributed by atoms with Crippen LogP contribution in [0.5, 0.6) is 0 Å². The first-order valence-electron chi connectivity index (χ1n) is 3.93. The van der Waals surface area contributed by atoms with E-state index < -0.39 is 4.92 Å². The average molecular weight is 210 g/mol. The van der Waals surface area contributed by atoms with Gasteiger partial charge in [0.05, 0.1) is 22.4 Å². The molecular weight excluding hydrogens is 204 g/mol. The molecule has 2 rings (SSSR count). The van der Waals surface area contributed by atoms with Gasteiger partial charge in [0.25, 0.3) is 11.0 Å². The summed E-state index contributed by atoms with van der Waals surface area (Å²) < 4.78 is 0. The molecule has 0 unspecified atom stereocenters. The molecule has 1 aromatic rings. The van der Waals surface area contributed by atoms with Crippen molar-refractivity contribution in [1.82, 2.24) is 15.6 Å². The van der Waals surface area contributed by atoms with Gasteiger partial charge in [-0.15, -0.1) is 5.17 Å². The summed E-state index contributed by atoms with van der Waals surface area (Å²) in [6, 6.07) is 3.75. The van der Waals surface area contributed by atoms with Crippen LogP contribution in [0.2, 0.25) is 0 Å². The number of nitrogens with zero attached hydrogens (tertiary/aromatic N) is 3. The summed E-state index contributed by atoms with van der Waals surface area (Å²) in [5.41, 5.74) is 1.81. The van der Waals surface area contributed by atoms with Gasteiger partial charge in [-0.2, -0.15) is 0 Å². The topological polar surface area (TPSA) is 105 Å². The van der Waals surface area contributed by atoms with Gasteiger partial charge in [0.15, 0.2) is 0 Å². The van der Waals surface area contributed by atoms with Crippen molar-refractivity contribution in [2.45, 2.75) is 0 Å². The summed E-state index contributed by atoms with van der Waals surface area (Å²) in [7, 11) is 0. The number of hydrogen-bond donors (Lipinski definition) is 2. The Labute approximate surface area is 82.6 Å². The van der Waals surface area contributed by atoms with Gasteiger partial charge in [-0.25, -0.2) is 0 Å². The summed E-state index contributed by atoms with van der Waals surface area (Å²) in [6.45, 7) is 0. The molecular formula is C7H6N4O4. The minimum Gasteiger partial charge on any atom is -0.594 e. The van der Waals surface area contributed by atoms with Gasteiger partial charge >= 0.3 is 0 Å². The molecule has 1 heterocycles. The quantitative estimate of drug-likeness (QED) is 0.251. The molecule has 0 aliphatic carbocycles. The third-order valence-corrected chi connectivity index (χ3v) is 1.90. The van der Waals surface area contributed by atoms with E-state index in [0.29, 0.717) is 10.4 Å². The highest BCUT2D eigenvalue weighted by Gasteiger charge is 2.13. The highest BCUT2D eigenvalue weighted by Crippen LogP contribution is 2.03. The van der Waals surface area contributed by atoms with Crippen LogP contribution in [0.4, 0.5) is 5.69 Å². The van der Waals surface area contributed by atoms with Gasteiger partial charge in [-0.3, -0.25) is 15.3 Å². The molecule has 0 saturated carbocycles. The van der Waals surface area contributed by atoms with Gasteiger partial charge in [-0.05, 0) is 6.07 Å². The van der Waals surface area contributed by atoms with E-state index in [9.17, 15) is 15.3 Å². The van der Waals surface area contributed by atoms with Crippen molar-refractivity contribution in [3.63, 3.8) is 0 Å². The number of nitro groups is 1. The van der Waals surface area contributed by atoms with Gasteiger partial charge < -0.3 is 5.21 Å². The number of hydrazine groups is 2. The molecule has 0 aromatic heterocycles. The molecule has 0 radical (unpaired) electrons. The van der Waals surface area contributed by atoms with E-state index in [4.69, 9.17) is 5.21 Å². The van der Waals surface area contributed by atoms with Gasteiger partial charge in [0, 0.05) is 6.07 Å². The largest absolute Gasteiger partial charge is 0.594 e.